The lowest BCUT2D eigenvalue weighted by Crippen LogP contribution is -2.28. The van der Waals surface area contributed by atoms with Crippen LogP contribution in [0.1, 0.15) is 83.1 Å². The number of carbonyl (C=O) groups is 2. The van der Waals surface area contributed by atoms with E-state index in [1.807, 2.05) is 22.7 Å². The van der Waals surface area contributed by atoms with E-state index < -0.39 is 0 Å². The molecule has 0 radical (unpaired) electrons. The molecule has 6 heteroatoms. The summed E-state index contributed by atoms with van der Waals surface area (Å²) in [5.74, 6) is 0.342. The summed E-state index contributed by atoms with van der Waals surface area (Å²) in [5, 5.41) is 0. The maximum atomic E-state index is 13.5. The third-order valence-electron chi connectivity index (χ3n) is 9.13. The van der Waals surface area contributed by atoms with Crippen molar-refractivity contribution >= 4 is 68.1 Å². The predicted octanol–water partition coefficient (Wildman–Crippen LogP) is 11.2. The van der Waals surface area contributed by atoms with Crippen LogP contribution in [0.5, 0.6) is 0 Å². The third kappa shape index (κ3) is 7.27. The Bertz CT molecular complexity index is 2340. The highest BCUT2D eigenvalue weighted by atomic mass is 32.1. The van der Waals surface area contributed by atoms with Crippen molar-refractivity contribution in [1.29, 1.82) is 0 Å². The number of hydrogen-bond donors (Lipinski definition) is 0. The molecule has 6 rings (SSSR count). The zero-order valence-corrected chi connectivity index (χ0v) is 34.6. The van der Waals surface area contributed by atoms with Crippen LogP contribution in [0.3, 0.4) is 0 Å². The first-order chi connectivity index (χ1) is 23.1. The second-order valence-electron chi connectivity index (χ2n) is 17.5. The molecule has 50 heavy (non-hydrogen) atoms. The molecule has 0 saturated heterocycles. The van der Waals surface area contributed by atoms with Crippen LogP contribution >= 0.6 is 45.3 Å². The van der Waals surface area contributed by atoms with Gasteiger partial charge in [-0.05, 0) is 106 Å². The highest BCUT2D eigenvalue weighted by Crippen LogP contribution is 2.40. The van der Waals surface area contributed by atoms with E-state index in [0.717, 1.165) is 33.4 Å². The van der Waals surface area contributed by atoms with Crippen molar-refractivity contribution in [3.63, 3.8) is 0 Å². The number of rotatable bonds is 0. The van der Waals surface area contributed by atoms with E-state index in [1.54, 1.807) is 22.7 Å². The molecule has 4 aromatic rings. The SMILES string of the molecule is CC(C)(C)C1=CC(=c2cc/c(=c3\cc/c(=c4\cc/c(=c5\ccc(=C6C=C(C(C)(C)C)C(=O)C(C(C)(C)C)=C6)s5)s4)s3)s2)C=C(C(C)(C)C)C1=O. The molecular weight excluding hydrogens is 689 g/mol. The Morgan fingerprint density at radius 3 is 0.700 bits per heavy atom. The smallest absolute Gasteiger partial charge is 0.186 e. The van der Waals surface area contributed by atoms with E-state index in [1.165, 1.54) is 36.3 Å². The number of ketones is 2. The molecule has 0 fully saturated rings. The van der Waals surface area contributed by atoms with Gasteiger partial charge in [-0.3, -0.25) is 9.59 Å². The van der Waals surface area contributed by atoms with Crippen molar-refractivity contribution in [3.05, 3.63) is 131 Å². The summed E-state index contributed by atoms with van der Waals surface area (Å²) >= 11 is 7.25. The Balaban J connectivity index is 1.48. The molecule has 260 valence electrons. The minimum atomic E-state index is -0.227. The molecule has 2 nitrogen and oxygen atoms in total. The van der Waals surface area contributed by atoms with E-state index in [4.69, 9.17) is 0 Å². The largest absolute Gasteiger partial charge is 0.289 e. The van der Waals surface area contributed by atoms with Crippen molar-refractivity contribution in [1.82, 2.24) is 0 Å². The summed E-state index contributed by atoms with van der Waals surface area (Å²) in [4.78, 5) is 26.9. The summed E-state index contributed by atoms with van der Waals surface area (Å²) < 4.78 is 9.89. The molecular formula is C44H48O2S4. The molecule has 0 unspecified atom stereocenters. The van der Waals surface area contributed by atoms with E-state index >= 15 is 0 Å². The molecule has 2 aliphatic rings. The second kappa shape index (κ2) is 12.8. The fourth-order valence-electron chi connectivity index (χ4n) is 6.23. The molecule has 4 aromatic heterocycles. The van der Waals surface area contributed by atoms with Gasteiger partial charge in [0.15, 0.2) is 11.6 Å². The van der Waals surface area contributed by atoms with Crippen LogP contribution in [0.15, 0.2) is 95.1 Å². The van der Waals surface area contributed by atoms with Crippen LogP contribution in [0.2, 0.25) is 0 Å². The van der Waals surface area contributed by atoms with Crippen molar-refractivity contribution in [2.45, 2.75) is 83.1 Å². The monoisotopic (exact) mass is 736 g/mol. The van der Waals surface area contributed by atoms with Crippen molar-refractivity contribution in [3.8, 4) is 0 Å². The van der Waals surface area contributed by atoms with Gasteiger partial charge < -0.3 is 0 Å². The molecule has 4 heterocycles. The highest BCUT2D eigenvalue weighted by Gasteiger charge is 2.35. The molecule has 0 N–H and O–H groups in total. The Labute approximate surface area is 311 Å². The fourth-order valence-corrected chi connectivity index (χ4v) is 10.5. The van der Waals surface area contributed by atoms with Gasteiger partial charge >= 0.3 is 0 Å². The van der Waals surface area contributed by atoms with Gasteiger partial charge in [0.25, 0.3) is 0 Å². The molecule has 0 saturated carbocycles. The quantitative estimate of drug-likeness (QED) is 0.180. The molecule has 0 aromatic carbocycles. The molecule has 0 atom stereocenters. The zero-order chi connectivity index (χ0) is 36.6. The van der Waals surface area contributed by atoms with E-state index in [2.05, 4.69) is 156 Å². The number of Topliss-reactive ketones (excluding diaryl/α,β-unsaturated/α-hetero) is 2. The lowest BCUT2D eigenvalue weighted by atomic mass is 9.72. The van der Waals surface area contributed by atoms with Gasteiger partial charge in [-0.2, -0.15) is 0 Å². The first-order valence-corrected chi connectivity index (χ1v) is 20.5. The Kier molecular flexibility index (Phi) is 9.38. The molecule has 0 aliphatic heterocycles. The number of carbonyl (C=O) groups excluding carboxylic acids is 2. The van der Waals surface area contributed by atoms with Crippen LogP contribution in [0, 0.1) is 48.9 Å². The third-order valence-corrected chi connectivity index (χ3v) is 14.2. The fraction of sp³-hybridized carbons (Fsp3) is 0.364. The van der Waals surface area contributed by atoms with Crippen LogP contribution in [-0.2, 0) is 9.59 Å². The minimum Gasteiger partial charge on any atom is -0.289 e. The molecule has 0 amide bonds. The van der Waals surface area contributed by atoms with Crippen LogP contribution in [0.25, 0.3) is 11.1 Å². The normalized spacial score (nSPS) is 18.6. The maximum absolute atomic E-state index is 13.5. The lowest BCUT2D eigenvalue weighted by molar-refractivity contribution is -0.114. The van der Waals surface area contributed by atoms with Crippen molar-refractivity contribution in [2.24, 2.45) is 21.7 Å². The van der Waals surface area contributed by atoms with Gasteiger partial charge in [-0.15, -0.1) is 45.3 Å². The van der Waals surface area contributed by atoms with Gasteiger partial charge in [0.2, 0.25) is 0 Å². The van der Waals surface area contributed by atoms with Crippen molar-refractivity contribution < 1.29 is 9.59 Å². The summed E-state index contributed by atoms with van der Waals surface area (Å²) in [6.45, 7) is 25.5. The summed E-state index contributed by atoms with van der Waals surface area (Å²) in [5.41, 5.74) is 4.85. The Morgan fingerprint density at radius 1 is 0.320 bits per heavy atom. The maximum Gasteiger partial charge on any atom is 0.186 e. The van der Waals surface area contributed by atoms with Gasteiger partial charge in [-0.25, -0.2) is 0 Å². The molecule has 2 aliphatic carbocycles. The lowest BCUT2D eigenvalue weighted by Gasteiger charge is -2.31. The predicted molar refractivity (Wildman–Crippen MR) is 217 cm³/mol. The summed E-state index contributed by atoms with van der Waals surface area (Å²) in [6.07, 6.45) is 8.45. The second-order valence-corrected chi connectivity index (χ2v) is 21.8. The van der Waals surface area contributed by atoms with E-state index in [0.29, 0.717) is 0 Å². The summed E-state index contributed by atoms with van der Waals surface area (Å²) in [7, 11) is 0. The van der Waals surface area contributed by atoms with Gasteiger partial charge in [0.1, 0.15) is 0 Å². The average molecular weight is 737 g/mol. The first-order valence-electron chi connectivity index (χ1n) is 17.2. The molecule has 0 spiro atoms. The zero-order valence-electron chi connectivity index (χ0n) is 31.4. The topological polar surface area (TPSA) is 34.1 Å². The summed E-state index contributed by atoms with van der Waals surface area (Å²) in [6, 6.07) is 17.8. The Hall–Kier alpha value is -3.16. The van der Waals surface area contributed by atoms with Crippen LogP contribution in [-0.4, -0.2) is 11.6 Å². The van der Waals surface area contributed by atoms with Crippen molar-refractivity contribution in [2.75, 3.05) is 0 Å². The minimum absolute atomic E-state index is 0.171. The highest BCUT2D eigenvalue weighted by molar-refractivity contribution is 7.14. The number of thiophene rings is 4. The van der Waals surface area contributed by atoms with Gasteiger partial charge in [-0.1, -0.05) is 83.1 Å². The van der Waals surface area contributed by atoms with Crippen LogP contribution < -0.4 is 9.06 Å². The van der Waals surface area contributed by atoms with E-state index in [9.17, 15) is 9.59 Å². The number of hydrogen-bond acceptors (Lipinski definition) is 6. The standard InChI is InChI=1S/C44H48O2S4/c1-41(2,3)27-21-25(22-28(39(27)45)42(4,5)6)31-13-15-33(47-31)35-17-19-37(49-35)38-20-18-36(50-38)34-16-14-32(48-34)26-23-29(43(7,8)9)40(46)30(24-26)44(10,11)12/h13-24H,1-12H3/b35-33-,36-34-,38-37-. The first kappa shape index (κ1) is 36.6. The average Bonchev–Trinajstić information content (AvgIpc) is 3.80. The van der Waals surface area contributed by atoms with Gasteiger partial charge in [0, 0.05) is 58.6 Å². The van der Waals surface area contributed by atoms with E-state index in [-0.39, 0.29) is 33.2 Å². The Morgan fingerprint density at radius 2 is 0.500 bits per heavy atom. The number of allylic oxidation sites excluding steroid dienone is 8. The van der Waals surface area contributed by atoms with Crippen LogP contribution in [0.4, 0.5) is 0 Å². The van der Waals surface area contributed by atoms with Gasteiger partial charge in [0.05, 0.1) is 0 Å². The molecule has 0 bridgehead atoms.